The van der Waals surface area contributed by atoms with Crippen molar-refractivity contribution in [3.8, 4) is 0 Å². The molecule has 0 saturated carbocycles. The third kappa shape index (κ3) is 6.07. The normalized spacial score (nSPS) is 11.5. The molecule has 2 N–H and O–H groups in total. The molecule has 0 bridgehead atoms. The van der Waals surface area contributed by atoms with E-state index in [0.29, 0.717) is 6.42 Å². The third-order valence-corrected chi connectivity index (χ3v) is 2.79. The van der Waals surface area contributed by atoms with Crippen LogP contribution in [0.15, 0.2) is 36.9 Å². The molecule has 1 atom stereocenters. The average Bonchev–Trinajstić information content (AvgIpc) is 2.40. The molecule has 0 aliphatic rings. The van der Waals surface area contributed by atoms with E-state index >= 15 is 0 Å². The van der Waals surface area contributed by atoms with Crippen molar-refractivity contribution in [3.05, 3.63) is 48.3 Å². The maximum atomic E-state index is 12.8. The molecule has 21 heavy (non-hydrogen) atoms. The van der Waals surface area contributed by atoms with Crippen molar-refractivity contribution in [1.82, 2.24) is 10.2 Å². The van der Waals surface area contributed by atoms with E-state index in [9.17, 15) is 14.0 Å². The van der Waals surface area contributed by atoms with Gasteiger partial charge in [-0.25, -0.2) is 9.18 Å². The minimum atomic E-state index is -1.09. The van der Waals surface area contributed by atoms with E-state index in [2.05, 4.69) is 11.9 Å². The first-order valence-corrected chi connectivity index (χ1v) is 6.55. The Bertz CT molecular complexity index is 502. The minimum absolute atomic E-state index is 0.154. The second-order valence-electron chi connectivity index (χ2n) is 4.74. The fraction of sp³-hybridized carbons (Fsp3) is 0.333. The maximum Gasteiger partial charge on any atom is 0.323 e. The van der Waals surface area contributed by atoms with Crippen LogP contribution in [0.25, 0.3) is 0 Å². The Morgan fingerprint density at radius 2 is 2.05 bits per heavy atom. The highest BCUT2D eigenvalue weighted by atomic mass is 19.1. The van der Waals surface area contributed by atoms with E-state index < -0.39 is 12.0 Å². The first kappa shape index (κ1) is 16.7. The van der Waals surface area contributed by atoms with Gasteiger partial charge in [0.25, 0.3) is 0 Å². The Hall–Kier alpha value is -2.37. The summed E-state index contributed by atoms with van der Waals surface area (Å²) in [5, 5.41) is 11.5. The zero-order chi connectivity index (χ0) is 15.8. The molecule has 6 heteroatoms. The number of urea groups is 1. The summed E-state index contributed by atoms with van der Waals surface area (Å²) >= 11 is 0. The molecule has 0 aromatic heterocycles. The van der Waals surface area contributed by atoms with Crippen molar-refractivity contribution in [1.29, 1.82) is 0 Å². The second kappa shape index (κ2) is 8.04. The molecular formula is C15H19FN2O3. The Labute approximate surface area is 123 Å². The highest BCUT2D eigenvalue weighted by molar-refractivity contribution is 5.80. The minimum Gasteiger partial charge on any atom is -0.480 e. The number of carboxylic acids is 1. The maximum absolute atomic E-state index is 12.8. The fourth-order valence-electron chi connectivity index (χ4n) is 1.87. The Morgan fingerprint density at radius 1 is 1.43 bits per heavy atom. The summed E-state index contributed by atoms with van der Waals surface area (Å²) in [5.74, 6) is -1.40. The van der Waals surface area contributed by atoms with E-state index in [1.807, 2.05) is 0 Å². The van der Waals surface area contributed by atoms with Crippen molar-refractivity contribution in [2.75, 3.05) is 13.1 Å². The van der Waals surface area contributed by atoms with Crippen LogP contribution in [0.3, 0.4) is 0 Å². The zero-order valence-corrected chi connectivity index (χ0v) is 11.9. The van der Waals surface area contributed by atoms with Gasteiger partial charge in [0, 0.05) is 12.6 Å². The van der Waals surface area contributed by atoms with Crippen LogP contribution in [0.5, 0.6) is 0 Å². The summed E-state index contributed by atoms with van der Waals surface area (Å²) < 4.78 is 12.8. The molecule has 114 valence electrons. The Kier molecular flexibility index (Phi) is 6.39. The van der Waals surface area contributed by atoms with Crippen molar-refractivity contribution < 1.29 is 19.1 Å². The van der Waals surface area contributed by atoms with E-state index in [1.165, 1.54) is 18.2 Å². The van der Waals surface area contributed by atoms with E-state index in [-0.39, 0.29) is 24.9 Å². The monoisotopic (exact) mass is 294 g/mol. The van der Waals surface area contributed by atoms with Crippen LogP contribution in [0.4, 0.5) is 9.18 Å². The number of hydrogen-bond acceptors (Lipinski definition) is 2. The Balaban J connectivity index is 2.56. The van der Waals surface area contributed by atoms with Crippen molar-refractivity contribution in [3.63, 3.8) is 0 Å². The van der Waals surface area contributed by atoms with Crippen LogP contribution in [-0.4, -0.2) is 41.1 Å². The largest absolute Gasteiger partial charge is 0.480 e. The summed E-state index contributed by atoms with van der Waals surface area (Å²) in [7, 11) is 0. The predicted molar refractivity (Wildman–Crippen MR) is 77.5 cm³/mol. The van der Waals surface area contributed by atoms with Gasteiger partial charge < -0.3 is 15.3 Å². The van der Waals surface area contributed by atoms with Gasteiger partial charge >= 0.3 is 12.0 Å². The van der Waals surface area contributed by atoms with Crippen LogP contribution in [0, 0.1) is 5.82 Å². The number of carbonyl (C=O) groups is 2. The van der Waals surface area contributed by atoms with Crippen molar-refractivity contribution in [2.45, 2.75) is 19.4 Å². The van der Waals surface area contributed by atoms with Crippen LogP contribution in [0.1, 0.15) is 12.5 Å². The number of rotatable bonds is 7. The molecule has 0 fully saturated rings. The Morgan fingerprint density at radius 3 is 2.57 bits per heavy atom. The van der Waals surface area contributed by atoms with Gasteiger partial charge in [0.1, 0.15) is 12.4 Å². The van der Waals surface area contributed by atoms with Gasteiger partial charge in [-0.15, -0.1) is 6.58 Å². The summed E-state index contributed by atoms with van der Waals surface area (Å²) in [6.45, 7) is 5.06. The van der Waals surface area contributed by atoms with Crippen LogP contribution < -0.4 is 5.32 Å². The number of aliphatic carboxylic acids is 1. The number of nitrogens with one attached hydrogen (secondary N) is 1. The number of carbonyl (C=O) groups excluding carboxylic acids is 1. The lowest BCUT2D eigenvalue weighted by Crippen LogP contribution is -2.46. The van der Waals surface area contributed by atoms with Gasteiger partial charge in [0.2, 0.25) is 0 Å². The van der Waals surface area contributed by atoms with Gasteiger partial charge in [-0.3, -0.25) is 4.79 Å². The van der Waals surface area contributed by atoms with Crippen molar-refractivity contribution in [2.24, 2.45) is 0 Å². The molecule has 0 aliphatic heterocycles. The summed E-state index contributed by atoms with van der Waals surface area (Å²) in [4.78, 5) is 23.8. The number of carboxylic acid groups (broad SMARTS) is 1. The van der Waals surface area contributed by atoms with Gasteiger partial charge in [-0.05, 0) is 31.0 Å². The van der Waals surface area contributed by atoms with E-state index in [1.54, 1.807) is 19.1 Å². The first-order chi connectivity index (χ1) is 9.92. The molecule has 1 unspecified atom stereocenters. The molecule has 0 radical (unpaired) electrons. The number of halogens is 1. The van der Waals surface area contributed by atoms with Crippen LogP contribution in [0.2, 0.25) is 0 Å². The van der Waals surface area contributed by atoms with Gasteiger partial charge in [0.05, 0.1) is 0 Å². The number of benzene rings is 1. The van der Waals surface area contributed by atoms with Crippen LogP contribution >= 0.6 is 0 Å². The standard InChI is InChI=1S/C15H19FN2O3/c1-3-8-18(10-14(19)20)15(21)17-11(2)9-12-4-6-13(16)7-5-12/h3-7,11H,1,8-10H2,2H3,(H,17,21)(H,19,20). The topological polar surface area (TPSA) is 69.6 Å². The molecule has 0 spiro atoms. The van der Waals surface area contributed by atoms with Gasteiger partial charge in [-0.1, -0.05) is 18.2 Å². The van der Waals surface area contributed by atoms with Gasteiger partial charge in [0.15, 0.2) is 0 Å². The van der Waals surface area contributed by atoms with E-state index in [0.717, 1.165) is 10.5 Å². The quantitative estimate of drug-likeness (QED) is 0.756. The molecule has 1 aromatic carbocycles. The summed E-state index contributed by atoms with van der Waals surface area (Å²) in [5.41, 5.74) is 0.887. The number of amides is 2. The smallest absolute Gasteiger partial charge is 0.323 e. The lowest BCUT2D eigenvalue weighted by atomic mass is 10.1. The number of nitrogens with zero attached hydrogens (tertiary/aromatic N) is 1. The molecule has 5 nitrogen and oxygen atoms in total. The molecule has 2 amide bonds. The summed E-state index contributed by atoms with van der Waals surface area (Å²) in [6, 6.07) is 5.35. The summed E-state index contributed by atoms with van der Waals surface area (Å²) in [6.07, 6.45) is 1.99. The predicted octanol–water partition coefficient (Wildman–Crippen LogP) is 2.04. The zero-order valence-electron chi connectivity index (χ0n) is 11.9. The van der Waals surface area contributed by atoms with E-state index in [4.69, 9.17) is 5.11 Å². The fourth-order valence-corrected chi connectivity index (χ4v) is 1.87. The first-order valence-electron chi connectivity index (χ1n) is 6.55. The third-order valence-electron chi connectivity index (χ3n) is 2.79. The molecule has 1 rings (SSSR count). The average molecular weight is 294 g/mol. The van der Waals surface area contributed by atoms with Crippen molar-refractivity contribution >= 4 is 12.0 Å². The lowest BCUT2D eigenvalue weighted by Gasteiger charge is -2.22. The SMILES string of the molecule is C=CCN(CC(=O)O)C(=O)NC(C)Cc1ccc(F)cc1. The molecule has 0 heterocycles. The molecule has 0 saturated heterocycles. The highest BCUT2D eigenvalue weighted by Crippen LogP contribution is 2.06. The lowest BCUT2D eigenvalue weighted by molar-refractivity contribution is -0.137. The van der Waals surface area contributed by atoms with Gasteiger partial charge in [-0.2, -0.15) is 0 Å². The molecule has 0 aliphatic carbocycles. The number of hydrogen-bond donors (Lipinski definition) is 2. The highest BCUT2D eigenvalue weighted by Gasteiger charge is 2.17. The molecular weight excluding hydrogens is 275 g/mol. The molecule has 1 aromatic rings. The van der Waals surface area contributed by atoms with Crippen LogP contribution in [-0.2, 0) is 11.2 Å². The second-order valence-corrected chi connectivity index (χ2v) is 4.74.